The van der Waals surface area contributed by atoms with Crippen LogP contribution < -0.4 is 11.1 Å². The SMILES string of the molecule is CCCC1CCCC(CN)(NC(C)CCO)CC1. The Morgan fingerprint density at radius 2 is 2.17 bits per heavy atom. The van der Waals surface area contributed by atoms with Crippen LogP contribution in [0.15, 0.2) is 0 Å². The second-order valence-electron chi connectivity index (χ2n) is 6.13. The molecule has 108 valence electrons. The van der Waals surface area contributed by atoms with Crippen molar-refractivity contribution < 1.29 is 5.11 Å². The molecule has 1 saturated carbocycles. The number of hydrogen-bond donors (Lipinski definition) is 3. The van der Waals surface area contributed by atoms with Crippen LogP contribution in [0.4, 0.5) is 0 Å². The Morgan fingerprint density at radius 1 is 1.39 bits per heavy atom. The van der Waals surface area contributed by atoms with E-state index in [0.29, 0.717) is 6.04 Å². The fourth-order valence-corrected chi connectivity index (χ4v) is 3.37. The van der Waals surface area contributed by atoms with E-state index in [0.717, 1.165) is 18.9 Å². The minimum Gasteiger partial charge on any atom is -0.396 e. The number of nitrogens with one attached hydrogen (secondary N) is 1. The van der Waals surface area contributed by atoms with Gasteiger partial charge in [0.25, 0.3) is 0 Å². The highest BCUT2D eigenvalue weighted by molar-refractivity contribution is 4.93. The summed E-state index contributed by atoms with van der Waals surface area (Å²) >= 11 is 0. The average Bonchev–Trinajstić information content (AvgIpc) is 2.54. The van der Waals surface area contributed by atoms with E-state index in [2.05, 4.69) is 19.2 Å². The maximum absolute atomic E-state index is 9.02. The van der Waals surface area contributed by atoms with E-state index in [1.54, 1.807) is 0 Å². The molecule has 0 saturated heterocycles. The van der Waals surface area contributed by atoms with Crippen molar-refractivity contribution in [3.63, 3.8) is 0 Å². The second-order valence-corrected chi connectivity index (χ2v) is 6.13. The third kappa shape index (κ3) is 4.87. The van der Waals surface area contributed by atoms with E-state index in [-0.39, 0.29) is 12.1 Å². The quantitative estimate of drug-likeness (QED) is 0.613. The molecule has 0 aromatic carbocycles. The van der Waals surface area contributed by atoms with Gasteiger partial charge in [0.15, 0.2) is 0 Å². The molecule has 3 atom stereocenters. The topological polar surface area (TPSA) is 58.3 Å². The van der Waals surface area contributed by atoms with Crippen LogP contribution >= 0.6 is 0 Å². The molecular formula is C15H32N2O. The smallest absolute Gasteiger partial charge is 0.0445 e. The van der Waals surface area contributed by atoms with E-state index in [9.17, 15) is 0 Å². The van der Waals surface area contributed by atoms with Gasteiger partial charge >= 0.3 is 0 Å². The molecule has 1 fully saturated rings. The monoisotopic (exact) mass is 256 g/mol. The Hall–Kier alpha value is -0.120. The first kappa shape index (κ1) is 15.9. The van der Waals surface area contributed by atoms with Gasteiger partial charge in [-0.3, -0.25) is 0 Å². The maximum Gasteiger partial charge on any atom is 0.0445 e. The van der Waals surface area contributed by atoms with Gasteiger partial charge in [0.05, 0.1) is 0 Å². The van der Waals surface area contributed by atoms with E-state index >= 15 is 0 Å². The highest BCUT2D eigenvalue weighted by Gasteiger charge is 2.32. The van der Waals surface area contributed by atoms with Crippen LogP contribution in [0.2, 0.25) is 0 Å². The Kier molecular flexibility index (Phi) is 7.20. The first-order valence-electron chi connectivity index (χ1n) is 7.74. The molecule has 3 nitrogen and oxygen atoms in total. The molecule has 3 unspecified atom stereocenters. The first-order valence-corrected chi connectivity index (χ1v) is 7.74. The van der Waals surface area contributed by atoms with Gasteiger partial charge in [0.1, 0.15) is 0 Å². The van der Waals surface area contributed by atoms with Crippen LogP contribution in [0, 0.1) is 5.92 Å². The summed E-state index contributed by atoms with van der Waals surface area (Å²) in [5.74, 6) is 0.901. The highest BCUT2D eigenvalue weighted by atomic mass is 16.3. The molecule has 3 heteroatoms. The zero-order valence-corrected chi connectivity index (χ0v) is 12.3. The van der Waals surface area contributed by atoms with Crippen LogP contribution in [0.5, 0.6) is 0 Å². The third-order valence-electron chi connectivity index (χ3n) is 4.50. The van der Waals surface area contributed by atoms with Gasteiger partial charge in [0.2, 0.25) is 0 Å². The summed E-state index contributed by atoms with van der Waals surface area (Å²) in [6, 6.07) is 0.362. The molecule has 1 aliphatic rings. The average molecular weight is 256 g/mol. The molecule has 0 bridgehead atoms. The van der Waals surface area contributed by atoms with Gasteiger partial charge in [-0.2, -0.15) is 0 Å². The zero-order chi connectivity index (χ0) is 13.4. The van der Waals surface area contributed by atoms with Gasteiger partial charge in [-0.15, -0.1) is 0 Å². The summed E-state index contributed by atoms with van der Waals surface area (Å²) < 4.78 is 0. The fraction of sp³-hybridized carbons (Fsp3) is 1.00. The van der Waals surface area contributed by atoms with E-state index in [1.165, 1.54) is 44.9 Å². The van der Waals surface area contributed by atoms with Crippen LogP contribution in [-0.2, 0) is 0 Å². The minimum atomic E-state index is 0.122. The summed E-state index contributed by atoms with van der Waals surface area (Å²) in [6.45, 7) is 5.42. The van der Waals surface area contributed by atoms with Gasteiger partial charge in [-0.25, -0.2) is 0 Å². The lowest BCUT2D eigenvalue weighted by molar-refractivity contribution is 0.220. The number of rotatable bonds is 7. The lowest BCUT2D eigenvalue weighted by Crippen LogP contribution is -2.54. The number of nitrogens with two attached hydrogens (primary N) is 1. The standard InChI is InChI=1S/C15H32N2O/c1-3-5-14-6-4-9-15(12-16,10-7-14)17-13(2)8-11-18/h13-14,17-18H,3-12,16H2,1-2H3. The van der Waals surface area contributed by atoms with Crippen molar-refractivity contribution in [2.24, 2.45) is 11.7 Å². The molecule has 0 aromatic rings. The van der Waals surface area contributed by atoms with Crippen molar-refractivity contribution in [1.82, 2.24) is 5.32 Å². The van der Waals surface area contributed by atoms with Crippen LogP contribution in [0.3, 0.4) is 0 Å². The molecule has 0 radical (unpaired) electrons. The van der Waals surface area contributed by atoms with Crippen molar-refractivity contribution in [2.75, 3.05) is 13.2 Å². The maximum atomic E-state index is 9.02. The van der Waals surface area contributed by atoms with Crippen molar-refractivity contribution in [3.8, 4) is 0 Å². The lowest BCUT2D eigenvalue weighted by Gasteiger charge is -2.36. The van der Waals surface area contributed by atoms with Gasteiger partial charge < -0.3 is 16.2 Å². The van der Waals surface area contributed by atoms with Gasteiger partial charge in [0, 0.05) is 24.7 Å². The number of hydrogen-bond acceptors (Lipinski definition) is 3. The number of aliphatic hydroxyl groups is 1. The molecule has 0 amide bonds. The second kappa shape index (κ2) is 8.13. The lowest BCUT2D eigenvalue weighted by atomic mass is 9.88. The summed E-state index contributed by atoms with van der Waals surface area (Å²) in [6.07, 6.45) is 9.85. The predicted octanol–water partition coefficient (Wildman–Crippen LogP) is 2.42. The molecule has 0 aromatic heterocycles. The van der Waals surface area contributed by atoms with Gasteiger partial charge in [-0.05, 0) is 38.5 Å². The molecule has 0 spiro atoms. The van der Waals surface area contributed by atoms with Crippen LogP contribution in [0.25, 0.3) is 0 Å². The summed E-state index contributed by atoms with van der Waals surface area (Å²) in [4.78, 5) is 0. The molecule has 18 heavy (non-hydrogen) atoms. The first-order chi connectivity index (χ1) is 8.65. The van der Waals surface area contributed by atoms with E-state index < -0.39 is 0 Å². The molecular weight excluding hydrogens is 224 g/mol. The Balaban J connectivity index is 2.53. The van der Waals surface area contributed by atoms with Crippen molar-refractivity contribution in [1.29, 1.82) is 0 Å². The summed E-state index contributed by atoms with van der Waals surface area (Å²) in [5, 5.41) is 12.7. The minimum absolute atomic E-state index is 0.122. The predicted molar refractivity (Wildman–Crippen MR) is 77.6 cm³/mol. The molecule has 0 aliphatic heterocycles. The van der Waals surface area contributed by atoms with E-state index in [1.807, 2.05) is 0 Å². The Morgan fingerprint density at radius 3 is 2.78 bits per heavy atom. The molecule has 0 heterocycles. The summed E-state index contributed by atoms with van der Waals surface area (Å²) in [7, 11) is 0. The van der Waals surface area contributed by atoms with Crippen molar-refractivity contribution >= 4 is 0 Å². The van der Waals surface area contributed by atoms with Crippen molar-refractivity contribution in [3.05, 3.63) is 0 Å². The van der Waals surface area contributed by atoms with Crippen molar-refractivity contribution in [2.45, 2.75) is 76.8 Å². The summed E-state index contributed by atoms with van der Waals surface area (Å²) in [5.41, 5.74) is 6.17. The normalized spacial score (nSPS) is 31.0. The third-order valence-corrected chi connectivity index (χ3v) is 4.50. The van der Waals surface area contributed by atoms with Gasteiger partial charge in [-0.1, -0.05) is 32.6 Å². The highest BCUT2D eigenvalue weighted by Crippen LogP contribution is 2.32. The van der Waals surface area contributed by atoms with Crippen LogP contribution in [-0.4, -0.2) is 29.8 Å². The fourth-order valence-electron chi connectivity index (χ4n) is 3.37. The molecule has 1 aliphatic carbocycles. The number of aliphatic hydroxyl groups excluding tert-OH is 1. The van der Waals surface area contributed by atoms with E-state index in [4.69, 9.17) is 10.8 Å². The largest absolute Gasteiger partial charge is 0.396 e. The van der Waals surface area contributed by atoms with Crippen LogP contribution in [0.1, 0.15) is 65.2 Å². The Labute approximate surface area is 113 Å². The Bertz CT molecular complexity index is 223. The molecule has 4 N–H and O–H groups in total. The molecule has 1 rings (SSSR count). The zero-order valence-electron chi connectivity index (χ0n) is 12.3.